The smallest absolute Gasteiger partial charge is 0.496 e. The van der Waals surface area contributed by atoms with E-state index >= 15 is 0 Å². The van der Waals surface area contributed by atoms with Crippen LogP contribution in [-0.4, -0.2) is 196 Å². The van der Waals surface area contributed by atoms with Gasteiger partial charge in [-0.2, -0.15) is 0 Å². The maximum Gasteiger partial charge on any atom is 0.498 e. The molecule has 0 saturated carbocycles. The van der Waals surface area contributed by atoms with Crippen molar-refractivity contribution >= 4 is 154 Å². The standard InChI is InChI=1S/C21H20FN5O.C15H13BrFN3O.C12H19BN2O2.B16/c1-13-18(11-23-14(2)25-13)16-9-7-15(27-12-24-26-21(16)27)8-10-17-19(22)5-4-6-20(17)28-3;1-21-14-4-2-3-13(17)11(14)7-5-10-6-8-12(16)15-19-18-9-20(10)15;1-8-10(7-14-9(2)15-8)13-16-11(3,4)12(5,6)17-13;1-10(2)14(9)16(13(7)8)15(11(3)4)12(5)6/h4-7,9,11-12H,8,10H2,1-3H3;2-4,6,8-9H,5,7H2,1H3;7H,1-6H3;. The summed E-state index contributed by atoms with van der Waals surface area (Å²) in [4.78, 5) is 17.3. The highest BCUT2D eigenvalue weighted by molar-refractivity contribution is 9.10. The molecule has 0 bridgehead atoms. The fourth-order valence-corrected chi connectivity index (χ4v) is 9.81. The molecule has 34 heteroatoms. The summed E-state index contributed by atoms with van der Waals surface area (Å²) < 4.78 is 55.3. The van der Waals surface area contributed by atoms with Gasteiger partial charge in [0.2, 0.25) is 0 Å². The molecule has 0 aliphatic carbocycles. The Hall–Kier alpha value is -5.20. The number of methoxy groups -OCH3 is 2. The summed E-state index contributed by atoms with van der Waals surface area (Å²) in [5.41, 5.74) is 8.55. The van der Waals surface area contributed by atoms with Gasteiger partial charge < -0.3 is 18.8 Å². The number of benzene rings is 2. The molecule has 1 saturated heterocycles. The summed E-state index contributed by atoms with van der Waals surface area (Å²) >= 11 is 3.44. The average molecular weight is 1130 g/mol. The molecule has 82 heavy (non-hydrogen) atoms. The number of aryl methyl sites for hydroxylation is 6. The molecule has 0 atom stereocenters. The van der Waals surface area contributed by atoms with E-state index in [2.05, 4.69) is 56.3 Å². The van der Waals surface area contributed by atoms with Crippen LogP contribution in [0.25, 0.3) is 22.4 Å². The number of halogens is 3. The highest BCUT2D eigenvalue weighted by atomic mass is 79.9. The minimum absolute atomic E-state index is 0.244. The van der Waals surface area contributed by atoms with Crippen molar-refractivity contribution in [3.63, 3.8) is 0 Å². The monoisotopic (exact) mass is 1140 g/mol. The van der Waals surface area contributed by atoms with Crippen LogP contribution >= 0.6 is 15.9 Å². The van der Waals surface area contributed by atoms with Gasteiger partial charge in [0.1, 0.15) is 47.4 Å². The van der Waals surface area contributed by atoms with E-state index in [0.717, 1.165) is 66.8 Å². The van der Waals surface area contributed by atoms with E-state index in [9.17, 15) is 8.78 Å². The van der Waals surface area contributed by atoms with Gasteiger partial charge in [0, 0.05) is 177 Å². The highest BCUT2D eigenvalue weighted by Crippen LogP contribution is 2.37. The molecule has 1 aliphatic rings. The van der Waals surface area contributed by atoms with Crippen molar-refractivity contribution in [3.05, 3.63) is 147 Å². The van der Waals surface area contributed by atoms with Crippen LogP contribution in [0.4, 0.5) is 8.78 Å². The number of ether oxygens (including phenoxy) is 2. The van der Waals surface area contributed by atoms with Crippen molar-refractivity contribution in [1.29, 1.82) is 0 Å². The van der Waals surface area contributed by atoms with Crippen molar-refractivity contribution < 1.29 is 27.6 Å². The molecule has 1 aliphatic heterocycles. The zero-order valence-electron chi connectivity index (χ0n) is 48.0. The molecule has 0 amide bonds. The first-order chi connectivity index (χ1) is 38.7. The Morgan fingerprint density at radius 1 is 0.573 bits per heavy atom. The lowest BCUT2D eigenvalue weighted by molar-refractivity contribution is 0.00578. The first-order valence-corrected chi connectivity index (χ1v) is 27.2. The van der Waals surface area contributed by atoms with Gasteiger partial charge in [-0.15, -0.1) is 20.4 Å². The third-order valence-electron chi connectivity index (χ3n) is 14.6. The second kappa shape index (κ2) is 29.1. The maximum atomic E-state index is 14.2. The zero-order chi connectivity index (χ0) is 60.4. The van der Waals surface area contributed by atoms with Gasteiger partial charge in [0.15, 0.2) is 11.3 Å². The lowest BCUT2D eigenvalue weighted by atomic mass is 8.44. The van der Waals surface area contributed by atoms with Crippen molar-refractivity contribution in [2.45, 2.75) is 92.3 Å². The van der Waals surface area contributed by atoms with Crippen LogP contribution in [0.2, 0.25) is 0 Å². The summed E-state index contributed by atoms with van der Waals surface area (Å²) in [6, 6.07) is 17.7. The van der Waals surface area contributed by atoms with Crippen LogP contribution in [-0.2, 0) is 35.0 Å². The largest absolute Gasteiger partial charge is 0.498 e. The van der Waals surface area contributed by atoms with Crippen LogP contribution in [0.5, 0.6) is 11.5 Å². The minimum Gasteiger partial charge on any atom is -0.496 e. The Bertz CT molecular complexity index is 3410. The Morgan fingerprint density at radius 2 is 1.04 bits per heavy atom. The Balaban J connectivity index is 0.000000181. The van der Waals surface area contributed by atoms with Gasteiger partial charge in [-0.25, -0.2) is 28.7 Å². The van der Waals surface area contributed by atoms with Crippen LogP contribution in [0.3, 0.4) is 0 Å². The minimum atomic E-state index is -0.807. The van der Waals surface area contributed by atoms with Crippen LogP contribution in [0.1, 0.15) is 73.2 Å². The first-order valence-electron chi connectivity index (χ1n) is 26.4. The van der Waals surface area contributed by atoms with E-state index in [1.54, 1.807) is 57.3 Å². The third kappa shape index (κ3) is 16.0. The molecule has 6 aromatic heterocycles. The molecular formula is C48H52B17BrF2N10O4. The molecule has 0 spiro atoms. The van der Waals surface area contributed by atoms with Gasteiger partial charge in [0.05, 0.1) is 29.9 Å². The van der Waals surface area contributed by atoms with E-state index in [1.807, 2.05) is 94.7 Å². The average Bonchev–Trinajstić information content (AvgIpc) is 4.33. The van der Waals surface area contributed by atoms with Crippen LogP contribution < -0.4 is 14.9 Å². The molecule has 9 rings (SSSR count). The third-order valence-corrected chi connectivity index (χ3v) is 15.2. The first kappa shape index (κ1) is 66.0. The van der Waals surface area contributed by atoms with E-state index in [-0.39, 0.29) is 30.0 Å². The summed E-state index contributed by atoms with van der Waals surface area (Å²) in [7, 11) is 53.1. The maximum absolute atomic E-state index is 14.2. The van der Waals surface area contributed by atoms with E-state index in [0.29, 0.717) is 48.3 Å². The molecule has 2 aromatic carbocycles. The van der Waals surface area contributed by atoms with E-state index in [4.69, 9.17) is 88.4 Å². The topological polar surface area (TPSA) is 149 Å². The van der Waals surface area contributed by atoms with Crippen molar-refractivity contribution in [1.82, 2.24) is 49.1 Å². The quantitative estimate of drug-likeness (QED) is 0.131. The number of nitrogens with zero attached hydrogens (tertiary/aromatic N) is 10. The summed E-state index contributed by atoms with van der Waals surface area (Å²) in [6.45, 7) is 15.8. The molecule has 0 unspecified atom stereocenters. The molecule has 390 valence electrons. The predicted octanol–water partition coefficient (Wildman–Crippen LogP) is 2.46. The van der Waals surface area contributed by atoms with Gasteiger partial charge in [-0.3, -0.25) is 8.80 Å². The lowest BCUT2D eigenvalue weighted by Crippen LogP contribution is -2.75. The second-order valence-corrected chi connectivity index (χ2v) is 21.7. The molecule has 0 N–H and O–H groups in total. The summed E-state index contributed by atoms with van der Waals surface area (Å²) in [5, 5.41) is 16.3. The number of hydrogen-bond donors (Lipinski definition) is 0. The van der Waals surface area contributed by atoms with Gasteiger partial charge in [0.25, 0.3) is 0 Å². The molecular weight excluding hydrogens is 1080 g/mol. The normalized spacial score (nSPS) is 12.9. The summed E-state index contributed by atoms with van der Waals surface area (Å²) in [6.07, 6.45) is 4.26. The Morgan fingerprint density at radius 3 is 1.50 bits per heavy atom. The molecule has 7 heterocycles. The summed E-state index contributed by atoms with van der Waals surface area (Å²) in [5.74, 6) is 2.13. The number of aromatic nitrogens is 10. The fraction of sp³-hybridized carbons (Fsp3) is 0.333. The van der Waals surface area contributed by atoms with Gasteiger partial charge >= 0.3 is 7.12 Å². The molecule has 8 aromatic rings. The highest BCUT2D eigenvalue weighted by Gasteiger charge is 2.52. The fourth-order valence-electron chi connectivity index (χ4n) is 9.40. The molecule has 18 radical (unpaired) electrons. The van der Waals surface area contributed by atoms with Crippen molar-refractivity contribution in [2.24, 2.45) is 0 Å². The Kier molecular flexibility index (Phi) is 23.4. The van der Waals surface area contributed by atoms with Gasteiger partial charge in [-0.1, -0.05) is 12.1 Å². The number of rotatable bonds is 16. The van der Waals surface area contributed by atoms with Crippen molar-refractivity contribution in [2.75, 3.05) is 14.2 Å². The van der Waals surface area contributed by atoms with Crippen LogP contribution in [0, 0.1) is 39.3 Å². The Labute approximate surface area is 504 Å². The predicted molar refractivity (Wildman–Crippen MR) is 344 cm³/mol. The van der Waals surface area contributed by atoms with Crippen molar-refractivity contribution in [3.8, 4) is 22.6 Å². The van der Waals surface area contributed by atoms with Crippen LogP contribution in [0.15, 0.2) is 90.2 Å². The SMILES string of the molecule is COc1cccc(F)c1CCc1ccc(-c2cnc(C)nc2C)c2nncn12.COc1cccc(F)c1CCc1ccc(Br)c2nncn12.Cc1ncc(B2OC(C)(C)C(C)(C)O2)c(C)n1.[B]B([B])B([B])B(B([B])[B])B(B([B])[B])B([B])[B]. The van der Waals surface area contributed by atoms with E-state index in [1.165, 1.54) is 12.1 Å². The number of fused-ring (bicyclic) bond motifs is 2. The second-order valence-electron chi connectivity index (χ2n) is 20.8. The van der Waals surface area contributed by atoms with Gasteiger partial charge in [-0.05, 0) is 146 Å². The zero-order valence-corrected chi connectivity index (χ0v) is 49.6. The number of pyridine rings is 2. The molecule has 14 nitrogen and oxygen atoms in total. The lowest BCUT2D eigenvalue weighted by Gasteiger charge is -2.37. The van der Waals surface area contributed by atoms with E-state index < -0.39 is 44.7 Å². The number of hydrogen-bond acceptors (Lipinski definition) is 12. The molecule has 1 fully saturated rings.